The number of halogens is 1. The molecule has 1 aliphatic heterocycles. The van der Waals surface area contributed by atoms with Crippen molar-refractivity contribution >= 4 is 23.5 Å². The standard InChI is InChI=1S/C18H19FN4OS/c1-18(2)8-12-14(13(24)9-18)15(10-6-4-5-7-11(10)19)23-16(20-12)21-17(22-23)25-3/h4-8,14-15H,9H2,1-3H3,(H,20,21,22)/t14-,15-/m0/s1. The van der Waals surface area contributed by atoms with Gasteiger partial charge in [-0.1, -0.05) is 49.9 Å². The van der Waals surface area contributed by atoms with Crippen LogP contribution in [0.4, 0.5) is 10.3 Å². The van der Waals surface area contributed by atoms with Gasteiger partial charge in [-0.3, -0.25) is 4.79 Å². The van der Waals surface area contributed by atoms with Crippen molar-refractivity contribution in [3.05, 3.63) is 47.4 Å². The zero-order valence-corrected chi connectivity index (χ0v) is 15.1. The van der Waals surface area contributed by atoms with Crippen molar-refractivity contribution in [1.82, 2.24) is 14.8 Å². The average Bonchev–Trinajstić information content (AvgIpc) is 2.95. The summed E-state index contributed by atoms with van der Waals surface area (Å²) in [6.45, 7) is 4.06. The molecule has 4 rings (SSSR count). The number of Topliss-reactive ketones (excluding diaryl/α,β-unsaturated/α-hetero) is 1. The number of thioether (sulfide) groups is 1. The van der Waals surface area contributed by atoms with Crippen LogP contribution in [0.3, 0.4) is 0 Å². The molecule has 0 unspecified atom stereocenters. The number of nitrogens with one attached hydrogen (secondary N) is 1. The van der Waals surface area contributed by atoms with Crippen LogP contribution in [0.2, 0.25) is 0 Å². The minimum atomic E-state index is -0.527. The molecule has 2 aromatic rings. The molecule has 0 fully saturated rings. The number of ketones is 1. The van der Waals surface area contributed by atoms with Crippen LogP contribution in [0.1, 0.15) is 31.9 Å². The summed E-state index contributed by atoms with van der Waals surface area (Å²) in [7, 11) is 0. The Bertz CT molecular complexity index is 889. The first-order valence-electron chi connectivity index (χ1n) is 8.17. The average molecular weight is 358 g/mol. The van der Waals surface area contributed by atoms with E-state index in [1.165, 1.54) is 17.8 Å². The number of allylic oxidation sites excluding steroid dienone is 2. The van der Waals surface area contributed by atoms with E-state index in [4.69, 9.17) is 0 Å². The number of carbonyl (C=O) groups is 1. The maximum Gasteiger partial charge on any atom is 0.227 e. The quantitative estimate of drug-likeness (QED) is 0.831. The Balaban J connectivity index is 1.94. The lowest BCUT2D eigenvalue weighted by Crippen LogP contribution is -2.42. The number of nitrogens with zero attached hydrogens (tertiary/aromatic N) is 3. The van der Waals surface area contributed by atoms with Gasteiger partial charge in [0.15, 0.2) is 0 Å². The van der Waals surface area contributed by atoms with Crippen LogP contribution >= 0.6 is 11.8 Å². The van der Waals surface area contributed by atoms with E-state index in [2.05, 4.69) is 21.5 Å². The highest BCUT2D eigenvalue weighted by Gasteiger charge is 2.45. The summed E-state index contributed by atoms with van der Waals surface area (Å²) in [6.07, 6.45) is 4.39. The van der Waals surface area contributed by atoms with Crippen molar-refractivity contribution in [3.8, 4) is 0 Å². The summed E-state index contributed by atoms with van der Waals surface area (Å²) >= 11 is 1.42. The molecule has 2 atom stereocenters. The molecule has 1 aliphatic carbocycles. The fraction of sp³-hybridized carbons (Fsp3) is 0.389. The van der Waals surface area contributed by atoms with Crippen molar-refractivity contribution < 1.29 is 9.18 Å². The van der Waals surface area contributed by atoms with E-state index in [-0.39, 0.29) is 17.0 Å². The summed E-state index contributed by atoms with van der Waals surface area (Å²) < 4.78 is 16.2. The minimum absolute atomic E-state index is 0.0927. The molecular formula is C18H19FN4OS. The van der Waals surface area contributed by atoms with E-state index in [0.29, 0.717) is 23.1 Å². The molecule has 0 saturated carbocycles. The fourth-order valence-electron chi connectivity index (χ4n) is 3.72. The second-order valence-corrected chi connectivity index (χ2v) is 7.94. The normalized spacial score (nSPS) is 24.2. The summed E-state index contributed by atoms with van der Waals surface area (Å²) in [5, 5.41) is 8.34. The van der Waals surface area contributed by atoms with E-state index in [1.54, 1.807) is 22.9 Å². The molecule has 2 heterocycles. The lowest BCUT2D eigenvalue weighted by molar-refractivity contribution is -0.125. The largest absolute Gasteiger partial charge is 0.328 e. The molecule has 7 heteroatoms. The highest BCUT2D eigenvalue weighted by molar-refractivity contribution is 7.98. The molecule has 1 aromatic carbocycles. The topological polar surface area (TPSA) is 59.8 Å². The molecule has 0 bridgehead atoms. The predicted molar refractivity (Wildman–Crippen MR) is 94.9 cm³/mol. The highest BCUT2D eigenvalue weighted by atomic mass is 32.2. The van der Waals surface area contributed by atoms with Crippen molar-refractivity contribution in [1.29, 1.82) is 0 Å². The second kappa shape index (κ2) is 5.69. The Kier molecular flexibility index (Phi) is 3.72. The Hall–Kier alpha value is -2.15. The first-order chi connectivity index (χ1) is 11.9. The van der Waals surface area contributed by atoms with Crippen LogP contribution in [-0.4, -0.2) is 26.8 Å². The van der Waals surface area contributed by atoms with Crippen molar-refractivity contribution in [2.24, 2.45) is 11.3 Å². The van der Waals surface area contributed by atoms with Gasteiger partial charge in [0.25, 0.3) is 0 Å². The molecule has 0 spiro atoms. The summed E-state index contributed by atoms with van der Waals surface area (Å²) in [5.41, 5.74) is 1.02. The van der Waals surface area contributed by atoms with Gasteiger partial charge in [-0.25, -0.2) is 9.07 Å². The molecule has 1 aromatic heterocycles. The zero-order chi connectivity index (χ0) is 17.8. The van der Waals surface area contributed by atoms with Crippen LogP contribution in [0.5, 0.6) is 0 Å². The first kappa shape index (κ1) is 16.3. The number of anilines is 1. The molecule has 0 saturated heterocycles. The molecular weight excluding hydrogens is 339 g/mol. The van der Waals surface area contributed by atoms with E-state index in [9.17, 15) is 9.18 Å². The van der Waals surface area contributed by atoms with Gasteiger partial charge in [0.05, 0.1) is 12.0 Å². The maximum absolute atomic E-state index is 14.6. The van der Waals surface area contributed by atoms with E-state index in [1.807, 2.05) is 20.1 Å². The van der Waals surface area contributed by atoms with Crippen LogP contribution < -0.4 is 5.32 Å². The molecule has 2 aliphatic rings. The number of benzene rings is 1. The van der Waals surface area contributed by atoms with Gasteiger partial charge in [-0.05, 0) is 17.7 Å². The number of rotatable bonds is 2. The molecule has 0 amide bonds. The third-order valence-corrected chi connectivity index (χ3v) is 5.25. The van der Waals surface area contributed by atoms with Gasteiger partial charge in [0.1, 0.15) is 11.6 Å². The maximum atomic E-state index is 14.6. The van der Waals surface area contributed by atoms with E-state index >= 15 is 0 Å². The minimum Gasteiger partial charge on any atom is -0.328 e. The number of aromatic nitrogens is 3. The lowest BCUT2D eigenvalue weighted by atomic mass is 9.72. The summed E-state index contributed by atoms with van der Waals surface area (Å²) in [4.78, 5) is 17.4. The van der Waals surface area contributed by atoms with Gasteiger partial charge in [-0.2, -0.15) is 4.98 Å². The van der Waals surface area contributed by atoms with Crippen molar-refractivity contribution in [2.75, 3.05) is 11.6 Å². The van der Waals surface area contributed by atoms with Crippen LogP contribution in [0.25, 0.3) is 0 Å². The van der Waals surface area contributed by atoms with E-state index < -0.39 is 12.0 Å². The van der Waals surface area contributed by atoms with Crippen LogP contribution in [-0.2, 0) is 4.79 Å². The third-order valence-electron chi connectivity index (χ3n) is 4.71. The predicted octanol–water partition coefficient (Wildman–Crippen LogP) is 3.65. The Labute approximate surface area is 149 Å². The number of hydrogen-bond acceptors (Lipinski definition) is 5. The molecule has 1 N–H and O–H groups in total. The second-order valence-electron chi connectivity index (χ2n) is 7.17. The Morgan fingerprint density at radius 1 is 1.36 bits per heavy atom. The van der Waals surface area contributed by atoms with Crippen LogP contribution in [0, 0.1) is 17.2 Å². The molecule has 5 nitrogen and oxygen atoms in total. The van der Waals surface area contributed by atoms with Gasteiger partial charge in [0.2, 0.25) is 11.1 Å². The molecule has 25 heavy (non-hydrogen) atoms. The first-order valence-corrected chi connectivity index (χ1v) is 9.39. The number of carbonyl (C=O) groups excluding carboxylic acids is 1. The fourth-order valence-corrected chi connectivity index (χ4v) is 4.07. The SMILES string of the molecule is CSc1nc2n(n1)[C@@H](c1ccccc1F)[C@@H]1C(=O)CC(C)(C)C=C1N2. The lowest BCUT2D eigenvalue weighted by Gasteiger charge is -2.40. The molecule has 0 radical (unpaired) electrons. The van der Waals surface area contributed by atoms with Crippen LogP contribution in [0.15, 0.2) is 41.2 Å². The van der Waals surface area contributed by atoms with Gasteiger partial charge in [0, 0.05) is 17.7 Å². The number of fused-ring (bicyclic) bond motifs is 2. The van der Waals surface area contributed by atoms with Gasteiger partial charge in [-0.15, -0.1) is 5.10 Å². The monoisotopic (exact) mass is 358 g/mol. The third kappa shape index (κ3) is 2.66. The Morgan fingerprint density at radius 2 is 2.12 bits per heavy atom. The number of hydrogen-bond donors (Lipinski definition) is 1. The Morgan fingerprint density at radius 3 is 2.84 bits per heavy atom. The highest BCUT2D eigenvalue weighted by Crippen LogP contribution is 2.45. The van der Waals surface area contributed by atoms with Gasteiger partial charge >= 0.3 is 0 Å². The van der Waals surface area contributed by atoms with Crippen molar-refractivity contribution in [2.45, 2.75) is 31.5 Å². The van der Waals surface area contributed by atoms with Crippen molar-refractivity contribution in [3.63, 3.8) is 0 Å². The summed E-state index contributed by atoms with van der Waals surface area (Å²) in [6, 6.07) is 6.05. The summed E-state index contributed by atoms with van der Waals surface area (Å²) in [5.74, 6) is -0.173. The smallest absolute Gasteiger partial charge is 0.227 e. The van der Waals surface area contributed by atoms with Gasteiger partial charge < -0.3 is 5.32 Å². The van der Waals surface area contributed by atoms with E-state index in [0.717, 1.165) is 5.70 Å². The zero-order valence-electron chi connectivity index (χ0n) is 14.3. The molecule has 130 valence electrons.